The van der Waals surface area contributed by atoms with E-state index in [1.54, 1.807) is 0 Å². The Morgan fingerprint density at radius 2 is 1.68 bits per heavy atom. The highest BCUT2D eigenvalue weighted by molar-refractivity contribution is 8.00. The van der Waals surface area contributed by atoms with Crippen LogP contribution in [0.15, 0.2) is 29.2 Å². The molecule has 1 aromatic carbocycles. The molecule has 0 aromatic heterocycles. The highest BCUT2D eigenvalue weighted by atomic mass is 32.2. The Balaban J connectivity index is 2.90. The number of carboxylic acid groups (broad SMARTS) is 1. The number of alkyl halides is 3. The quantitative estimate of drug-likeness (QED) is 0.835. The number of hydrogen-bond acceptors (Lipinski definition) is 3. The molecule has 0 bridgehead atoms. The Hall–Kier alpha value is -1.21. The number of carbonyl (C=O) groups is 1. The summed E-state index contributed by atoms with van der Waals surface area (Å²) in [6, 6.07) is 5.00. The van der Waals surface area contributed by atoms with Crippen LogP contribution >= 0.6 is 11.8 Å². The maximum Gasteiger partial charge on any atom is 0.446 e. The molecule has 1 atom stereocenters. The van der Waals surface area contributed by atoms with E-state index >= 15 is 0 Å². The summed E-state index contributed by atoms with van der Waals surface area (Å²) in [5.41, 5.74) is -5.53. The molecule has 106 valence electrons. The van der Waals surface area contributed by atoms with E-state index in [4.69, 9.17) is 5.11 Å². The zero-order chi connectivity index (χ0) is 14.8. The van der Waals surface area contributed by atoms with Crippen molar-refractivity contribution in [3.05, 3.63) is 29.8 Å². The van der Waals surface area contributed by atoms with Crippen molar-refractivity contribution in [3.8, 4) is 0 Å². The number of aliphatic hydroxyl groups excluding tert-OH is 1. The van der Waals surface area contributed by atoms with Crippen molar-refractivity contribution in [3.63, 3.8) is 0 Å². The van der Waals surface area contributed by atoms with Crippen molar-refractivity contribution >= 4 is 17.7 Å². The highest BCUT2D eigenvalue weighted by Crippen LogP contribution is 2.38. The van der Waals surface area contributed by atoms with E-state index in [9.17, 15) is 23.1 Å². The van der Waals surface area contributed by atoms with Gasteiger partial charge in [-0.25, -0.2) is 0 Å². The van der Waals surface area contributed by atoms with E-state index < -0.39 is 23.0 Å². The van der Waals surface area contributed by atoms with Gasteiger partial charge < -0.3 is 10.2 Å². The minimum atomic E-state index is -4.37. The van der Waals surface area contributed by atoms with Crippen LogP contribution in [0.1, 0.15) is 25.5 Å². The molecule has 0 saturated heterocycles. The second-order valence-corrected chi connectivity index (χ2v) is 5.68. The van der Waals surface area contributed by atoms with Gasteiger partial charge in [0.2, 0.25) is 0 Å². The number of benzene rings is 1. The monoisotopic (exact) mass is 294 g/mol. The van der Waals surface area contributed by atoms with Crippen LogP contribution in [-0.4, -0.2) is 21.7 Å². The van der Waals surface area contributed by atoms with E-state index in [1.165, 1.54) is 38.1 Å². The first kappa shape index (κ1) is 15.8. The molecule has 0 aliphatic carbocycles. The third-order valence-corrected chi connectivity index (χ3v) is 3.40. The summed E-state index contributed by atoms with van der Waals surface area (Å²) < 4.78 is 36.4. The van der Waals surface area contributed by atoms with Crippen molar-refractivity contribution in [2.24, 2.45) is 5.41 Å². The molecule has 0 saturated carbocycles. The average Bonchev–Trinajstić information content (AvgIpc) is 2.26. The lowest BCUT2D eigenvalue weighted by molar-refractivity contribution is -0.153. The Kier molecular flexibility index (Phi) is 4.52. The smallest absolute Gasteiger partial charge is 0.446 e. The van der Waals surface area contributed by atoms with E-state index in [0.29, 0.717) is 0 Å². The summed E-state index contributed by atoms with van der Waals surface area (Å²) in [5, 5.41) is 18.9. The molecule has 19 heavy (non-hydrogen) atoms. The molecule has 0 spiro atoms. The van der Waals surface area contributed by atoms with Gasteiger partial charge in [0, 0.05) is 4.90 Å². The van der Waals surface area contributed by atoms with Crippen LogP contribution in [0.3, 0.4) is 0 Å². The van der Waals surface area contributed by atoms with Gasteiger partial charge in [0.15, 0.2) is 0 Å². The number of thioether (sulfide) groups is 1. The Labute approximate surface area is 112 Å². The van der Waals surface area contributed by atoms with Crippen molar-refractivity contribution in [2.45, 2.75) is 30.4 Å². The Bertz CT molecular complexity index is 454. The van der Waals surface area contributed by atoms with Gasteiger partial charge in [-0.3, -0.25) is 4.79 Å². The lowest BCUT2D eigenvalue weighted by Gasteiger charge is -2.26. The summed E-state index contributed by atoms with van der Waals surface area (Å²) in [5.74, 6) is -1.19. The Morgan fingerprint density at radius 3 is 2.05 bits per heavy atom. The van der Waals surface area contributed by atoms with Gasteiger partial charge >= 0.3 is 11.5 Å². The fraction of sp³-hybridized carbons (Fsp3) is 0.417. The van der Waals surface area contributed by atoms with Gasteiger partial charge in [-0.2, -0.15) is 13.2 Å². The second kappa shape index (κ2) is 5.42. The minimum absolute atomic E-state index is 0.0171. The lowest BCUT2D eigenvalue weighted by Crippen LogP contribution is -2.31. The van der Waals surface area contributed by atoms with Crippen LogP contribution in [0.25, 0.3) is 0 Å². The van der Waals surface area contributed by atoms with Crippen LogP contribution in [0.2, 0.25) is 0 Å². The first-order valence-electron chi connectivity index (χ1n) is 5.31. The minimum Gasteiger partial charge on any atom is -0.481 e. The number of halogens is 3. The molecule has 0 aliphatic rings. The third kappa shape index (κ3) is 4.14. The number of carboxylic acids is 1. The molecule has 0 fully saturated rings. The number of hydrogen-bond donors (Lipinski definition) is 2. The molecule has 1 rings (SSSR count). The number of rotatable bonds is 4. The van der Waals surface area contributed by atoms with E-state index in [0.717, 1.165) is 0 Å². The van der Waals surface area contributed by atoms with Crippen LogP contribution in [0.5, 0.6) is 0 Å². The summed E-state index contributed by atoms with van der Waals surface area (Å²) in [6.07, 6.45) is -1.30. The molecule has 0 heterocycles. The largest absolute Gasteiger partial charge is 0.481 e. The van der Waals surface area contributed by atoms with Gasteiger partial charge in [0.1, 0.15) is 0 Å². The SMILES string of the molecule is CC(C)(C(=O)O)C(O)c1ccc(SC(F)(F)F)cc1. The van der Waals surface area contributed by atoms with Gasteiger partial charge in [-0.1, -0.05) is 12.1 Å². The maximum absolute atomic E-state index is 12.1. The molecule has 0 aliphatic heterocycles. The average molecular weight is 294 g/mol. The lowest BCUT2D eigenvalue weighted by atomic mass is 9.83. The van der Waals surface area contributed by atoms with Crippen molar-refractivity contribution in [2.75, 3.05) is 0 Å². The predicted molar refractivity (Wildman–Crippen MR) is 64.7 cm³/mol. The Morgan fingerprint density at radius 1 is 1.21 bits per heavy atom. The fourth-order valence-electron chi connectivity index (χ4n) is 1.39. The molecule has 1 unspecified atom stereocenters. The summed E-state index contributed by atoms with van der Waals surface area (Å²) in [7, 11) is 0. The van der Waals surface area contributed by atoms with Crippen molar-refractivity contribution in [1.29, 1.82) is 0 Å². The third-order valence-electron chi connectivity index (χ3n) is 2.66. The maximum atomic E-state index is 12.1. The van der Waals surface area contributed by atoms with E-state index in [2.05, 4.69) is 0 Å². The zero-order valence-electron chi connectivity index (χ0n) is 10.2. The molecule has 0 amide bonds. The van der Waals surface area contributed by atoms with Gasteiger partial charge in [0.25, 0.3) is 0 Å². The van der Waals surface area contributed by atoms with Crippen LogP contribution in [0.4, 0.5) is 13.2 Å². The summed E-state index contributed by atoms with van der Waals surface area (Å²) >= 11 is -0.263. The van der Waals surface area contributed by atoms with Crippen molar-refractivity contribution in [1.82, 2.24) is 0 Å². The van der Waals surface area contributed by atoms with Crippen LogP contribution < -0.4 is 0 Å². The van der Waals surface area contributed by atoms with Gasteiger partial charge in [-0.15, -0.1) is 0 Å². The number of aliphatic hydroxyl groups is 1. The normalized spacial score (nSPS) is 14.2. The zero-order valence-corrected chi connectivity index (χ0v) is 11.0. The van der Waals surface area contributed by atoms with Gasteiger partial charge in [-0.05, 0) is 43.3 Å². The molecule has 2 N–H and O–H groups in total. The van der Waals surface area contributed by atoms with Crippen LogP contribution in [0, 0.1) is 5.41 Å². The molecular formula is C12H13F3O3S. The predicted octanol–water partition coefficient (Wildman–Crippen LogP) is 3.44. The van der Waals surface area contributed by atoms with E-state index in [1.807, 2.05) is 0 Å². The van der Waals surface area contributed by atoms with Crippen LogP contribution in [-0.2, 0) is 4.79 Å². The molecule has 0 radical (unpaired) electrons. The fourth-order valence-corrected chi connectivity index (χ4v) is 1.92. The molecule has 1 aromatic rings. The summed E-state index contributed by atoms with van der Waals surface area (Å²) in [4.78, 5) is 11.0. The molecular weight excluding hydrogens is 281 g/mol. The molecule has 7 heteroatoms. The number of aliphatic carboxylic acids is 1. The van der Waals surface area contributed by atoms with Crippen molar-refractivity contribution < 1.29 is 28.2 Å². The standard InChI is InChI=1S/C12H13F3O3S/c1-11(2,10(17)18)9(16)7-3-5-8(6-4-7)19-12(13,14)15/h3-6,9,16H,1-2H3,(H,17,18). The first-order chi connectivity index (χ1) is 8.54. The summed E-state index contributed by atoms with van der Waals surface area (Å²) in [6.45, 7) is 2.69. The highest BCUT2D eigenvalue weighted by Gasteiger charge is 2.37. The first-order valence-corrected chi connectivity index (χ1v) is 6.13. The topological polar surface area (TPSA) is 57.5 Å². The van der Waals surface area contributed by atoms with Gasteiger partial charge in [0.05, 0.1) is 11.5 Å². The second-order valence-electron chi connectivity index (χ2n) is 4.55. The van der Waals surface area contributed by atoms with E-state index in [-0.39, 0.29) is 22.2 Å². The molecule has 3 nitrogen and oxygen atoms in total.